The largest absolute Gasteiger partial charge is 0.376 e. The standard InChI is InChI=1S/C16H17F2N5O/c17-13-3-2-12(10-14(13)18)21-11-15(24)22-6-8-23(9-7-22)16-19-4-1-5-20-16/h1-5,10,21H,6-9,11H2. The first-order valence-corrected chi connectivity index (χ1v) is 7.62. The van der Waals surface area contributed by atoms with Gasteiger partial charge in [0.25, 0.3) is 0 Å². The van der Waals surface area contributed by atoms with Crippen LogP contribution in [0, 0.1) is 11.6 Å². The van der Waals surface area contributed by atoms with E-state index in [-0.39, 0.29) is 12.5 Å². The molecule has 1 fully saturated rings. The van der Waals surface area contributed by atoms with E-state index in [0.717, 1.165) is 12.1 Å². The molecule has 0 bridgehead atoms. The summed E-state index contributed by atoms with van der Waals surface area (Å²) in [6.07, 6.45) is 3.37. The number of anilines is 2. The van der Waals surface area contributed by atoms with Crippen molar-refractivity contribution in [2.75, 3.05) is 42.9 Å². The SMILES string of the molecule is O=C(CNc1ccc(F)c(F)c1)N1CCN(c2ncccn2)CC1. The van der Waals surface area contributed by atoms with E-state index in [1.54, 1.807) is 23.4 Å². The highest BCUT2D eigenvalue weighted by molar-refractivity contribution is 5.81. The number of carbonyl (C=O) groups excluding carboxylic acids is 1. The van der Waals surface area contributed by atoms with Gasteiger partial charge in [-0.15, -0.1) is 0 Å². The van der Waals surface area contributed by atoms with Crippen LogP contribution in [0.2, 0.25) is 0 Å². The third kappa shape index (κ3) is 3.76. The maximum Gasteiger partial charge on any atom is 0.241 e. The smallest absolute Gasteiger partial charge is 0.241 e. The molecule has 0 unspecified atom stereocenters. The second kappa shape index (κ2) is 7.20. The minimum Gasteiger partial charge on any atom is -0.376 e. The van der Waals surface area contributed by atoms with E-state index < -0.39 is 11.6 Å². The van der Waals surface area contributed by atoms with E-state index >= 15 is 0 Å². The maximum absolute atomic E-state index is 13.1. The first-order valence-electron chi connectivity index (χ1n) is 7.62. The lowest BCUT2D eigenvalue weighted by molar-refractivity contribution is -0.129. The molecule has 2 aromatic rings. The molecule has 0 saturated carbocycles. The first kappa shape index (κ1) is 16.1. The van der Waals surface area contributed by atoms with Gasteiger partial charge in [0.15, 0.2) is 11.6 Å². The lowest BCUT2D eigenvalue weighted by atomic mass is 10.3. The Morgan fingerprint density at radius 1 is 1.08 bits per heavy atom. The number of piperazine rings is 1. The Bertz CT molecular complexity index is 705. The molecular formula is C16H17F2N5O. The maximum atomic E-state index is 13.1. The van der Waals surface area contributed by atoms with Crippen LogP contribution < -0.4 is 10.2 Å². The molecule has 0 aliphatic carbocycles. The van der Waals surface area contributed by atoms with Crippen molar-refractivity contribution in [2.45, 2.75) is 0 Å². The molecule has 1 aliphatic rings. The summed E-state index contributed by atoms with van der Waals surface area (Å²) < 4.78 is 26.0. The van der Waals surface area contributed by atoms with Crippen LogP contribution in [0.4, 0.5) is 20.4 Å². The molecular weight excluding hydrogens is 316 g/mol. The zero-order valence-corrected chi connectivity index (χ0v) is 13.0. The number of hydrogen-bond acceptors (Lipinski definition) is 5. The molecule has 126 valence electrons. The highest BCUT2D eigenvalue weighted by Gasteiger charge is 2.22. The number of nitrogens with zero attached hydrogens (tertiary/aromatic N) is 4. The lowest BCUT2D eigenvalue weighted by Crippen LogP contribution is -2.50. The Balaban J connectivity index is 1.49. The predicted octanol–water partition coefficient (Wildman–Crippen LogP) is 1.52. The summed E-state index contributed by atoms with van der Waals surface area (Å²) in [4.78, 5) is 24.4. The summed E-state index contributed by atoms with van der Waals surface area (Å²) in [7, 11) is 0. The normalized spacial score (nSPS) is 14.6. The molecule has 1 aromatic heterocycles. The molecule has 6 nitrogen and oxygen atoms in total. The van der Waals surface area contributed by atoms with Gasteiger partial charge in [-0.3, -0.25) is 4.79 Å². The van der Waals surface area contributed by atoms with Crippen molar-refractivity contribution in [3.8, 4) is 0 Å². The van der Waals surface area contributed by atoms with Crippen molar-refractivity contribution in [1.82, 2.24) is 14.9 Å². The third-order valence-electron chi connectivity index (χ3n) is 3.83. The van der Waals surface area contributed by atoms with E-state index in [1.807, 2.05) is 4.90 Å². The van der Waals surface area contributed by atoms with Crippen molar-refractivity contribution in [2.24, 2.45) is 0 Å². The fraction of sp³-hybridized carbons (Fsp3) is 0.312. The Labute approximate surface area is 138 Å². The van der Waals surface area contributed by atoms with Gasteiger partial charge in [-0.1, -0.05) is 0 Å². The van der Waals surface area contributed by atoms with Gasteiger partial charge in [-0.05, 0) is 18.2 Å². The Kier molecular flexibility index (Phi) is 4.83. The molecule has 2 heterocycles. The van der Waals surface area contributed by atoms with Gasteiger partial charge in [0, 0.05) is 50.3 Å². The molecule has 1 aromatic carbocycles. The number of hydrogen-bond donors (Lipinski definition) is 1. The second-order valence-electron chi connectivity index (χ2n) is 5.40. The van der Waals surface area contributed by atoms with Gasteiger partial charge in [-0.2, -0.15) is 0 Å². The van der Waals surface area contributed by atoms with E-state index in [0.29, 0.717) is 37.8 Å². The molecule has 1 aliphatic heterocycles. The molecule has 0 atom stereocenters. The van der Waals surface area contributed by atoms with Crippen LogP contribution >= 0.6 is 0 Å². The number of halogens is 2. The molecule has 1 amide bonds. The van der Waals surface area contributed by atoms with E-state index in [1.165, 1.54) is 6.07 Å². The first-order chi connectivity index (χ1) is 11.6. The van der Waals surface area contributed by atoms with E-state index in [9.17, 15) is 13.6 Å². The van der Waals surface area contributed by atoms with Crippen LogP contribution in [0.25, 0.3) is 0 Å². The average Bonchev–Trinajstić information content (AvgIpc) is 2.63. The highest BCUT2D eigenvalue weighted by atomic mass is 19.2. The Morgan fingerprint density at radius 2 is 1.79 bits per heavy atom. The van der Waals surface area contributed by atoms with Crippen LogP contribution in [-0.2, 0) is 4.79 Å². The van der Waals surface area contributed by atoms with Gasteiger partial charge in [0.2, 0.25) is 11.9 Å². The number of aromatic nitrogens is 2. The zero-order valence-electron chi connectivity index (χ0n) is 13.0. The summed E-state index contributed by atoms with van der Waals surface area (Å²) in [5, 5.41) is 2.82. The van der Waals surface area contributed by atoms with Crippen molar-refractivity contribution in [3.63, 3.8) is 0 Å². The highest BCUT2D eigenvalue weighted by Crippen LogP contribution is 2.13. The van der Waals surface area contributed by atoms with E-state index in [2.05, 4.69) is 15.3 Å². The number of rotatable bonds is 4. The van der Waals surface area contributed by atoms with Crippen molar-refractivity contribution in [1.29, 1.82) is 0 Å². The number of carbonyl (C=O) groups is 1. The zero-order chi connectivity index (χ0) is 16.9. The summed E-state index contributed by atoms with van der Waals surface area (Å²) in [5.41, 5.74) is 0.374. The van der Waals surface area contributed by atoms with Crippen molar-refractivity contribution < 1.29 is 13.6 Å². The molecule has 8 heteroatoms. The number of amides is 1. The predicted molar refractivity (Wildman–Crippen MR) is 85.7 cm³/mol. The summed E-state index contributed by atoms with van der Waals surface area (Å²) in [6, 6.07) is 5.22. The lowest BCUT2D eigenvalue weighted by Gasteiger charge is -2.34. The molecule has 1 saturated heterocycles. The minimum absolute atomic E-state index is 0.0346. The summed E-state index contributed by atoms with van der Waals surface area (Å²) in [5.74, 6) is -1.28. The number of benzene rings is 1. The van der Waals surface area contributed by atoms with Crippen LogP contribution in [-0.4, -0.2) is 53.5 Å². The van der Waals surface area contributed by atoms with Crippen LogP contribution in [0.5, 0.6) is 0 Å². The van der Waals surface area contributed by atoms with Gasteiger partial charge in [0.05, 0.1) is 6.54 Å². The second-order valence-corrected chi connectivity index (χ2v) is 5.40. The molecule has 3 rings (SSSR count). The van der Waals surface area contributed by atoms with Crippen molar-refractivity contribution in [3.05, 3.63) is 48.3 Å². The summed E-state index contributed by atoms with van der Waals surface area (Å²) in [6.45, 7) is 2.47. The Hall–Kier alpha value is -2.77. The topological polar surface area (TPSA) is 61.4 Å². The van der Waals surface area contributed by atoms with Crippen LogP contribution in [0.3, 0.4) is 0 Å². The van der Waals surface area contributed by atoms with E-state index in [4.69, 9.17) is 0 Å². The molecule has 0 spiro atoms. The molecule has 24 heavy (non-hydrogen) atoms. The van der Waals surface area contributed by atoms with Crippen LogP contribution in [0.1, 0.15) is 0 Å². The summed E-state index contributed by atoms with van der Waals surface area (Å²) >= 11 is 0. The molecule has 1 N–H and O–H groups in total. The quantitative estimate of drug-likeness (QED) is 0.919. The third-order valence-corrected chi connectivity index (χ3v) is 3.83. The van der Waals surface area contributed by atoms with Crippen molar-refractivity contribution >= 4 is 17.5 Å². The van der Waals surface area contributed by atoms with Crippen LogP contribution in [0.15, 0.2) is 36.7 Å². The average molecular weight is 333 g/mol. The molecule has 0 radical (unpaired) electrons. The minimum atomic E-state index is -0.941. The van der Waals surface area contributed by atoms with Gasteiger partial charge < -0.3 is 15.1 Å². The fourth-order valence-corrected chi connectivity index (χ4v) is 2.51. The Morgan fingerprint density at radius 3 is 2.46 bits per heavy atom. The fourth-order valence-electron chi connectivity index (χ4n) is 2.51. The van der Waals surface area contributed by atoms with Gasteiger partial charge in [0.1, 0.15) is 0 Å². The van der Waals surface area contributed by atoms with Gasteiger partial charge >= 0.3 is 0 Å². The number of nitrogens with one attached hydrogen (secondary N) is 1. The monoisotopic (exact) mass is 333 g/mol. The van der Waals surface area contributed by atoms with Gasteiger partial charge in [-0.25, -0.2) is 18.7 Å².